The fraction of sp³-hybridized carbons (Fsp3) is 0.571. The van der Waals surface area contributed by atoms with Crippen LogP contribution in [0.2, 0.25) is 0 Å². The second-order valence-corrected chi connectivity index (χ2v) is 13.1. The lowest BCUT2D eigenvalue weighted by Crippen LogP contribution is -2.34. The highest BCUT2D eigenvalue weighted by molar-refractivity contribution is 7.91. The van der Waals surface area contributed by atoms with Gasteiger partial charge in [0.05, 0.1) is 28.8 Å². The standard InChI is InChI=1S/C28H36F3N3O3S/c1-4-38(36,37)24-11-10-23(32-15-24)14-33-27(35)20-7-12-25-21(13-20)17-34(26(25)18(2)3)16-19-5-8-22(9-6-19)28(29,30)31/h7,10-13,15,18-19,22,26H,4-6,8-9,14,16-17H2,1-3H3,(H,33,35)/t19?,22?,26-/m1/s1. The van der Waals surface area contributed by atoms with E-state index in [1.807, 2.05) is 18.2 Å². The van der Waals surface area contributed by atoms with Gasteiger partial charge in [-0.2, -0.15) is 13.2 Å². The van der Waals surface area contributed by atoms with E-state index in [0.29, 0.717) is 36.6 Å². The number of nitrogens with one attached hydrogen (secondary N) is 1. The van der Waals surface area contributed by atoms with Gasteiger partial charge in [0.15, 0.2) is 9.84 Å². The van der Waals surface area contributed by atoms with Gasteiger partial charge in [-0.3, -0.25) is 14.7 Å². The summed E-state index contributed by atoms with van der Waals surface area (Å²) in [7, 11) is -3.33. The van der Waals surface area contributed by atoms with Crippen LogP contribution in [-0.2, 0) is 22.9 Å². The number of aromatic nitrogens is 1. The van der Waals surface area contributed by atoms with Crippen LogP contribution in [0.1, 0.15) is 79.7 Å². The first-order valence-corrected chi connectivity index (χ1v) is 14.9. The van der Waals surface area contributed by atoms with Crippen molar-refractivity contribution in [2.24, 2.45) is 17.8 Å². The van der Waals surface area contributed by atoms with Gasteiger partial charge in [-0.05, 0) is 72.9 Å². The Hall–Kier alpha value is -2.46. The molecule has 208 valence electrons. The molecule has 1 aliphatic heterocycles. The lowest BCUT2D eigenvalue weighted by molar-refractivity contribution is -0.184. The van der Waals surface area contributed by atoms with Crippen LogP contribution < -0.4 is 5.32 Å². The first kappa shape index (κ1) is 28.5. The Kier molecular flexibility index (Phi) is 8.52. The molecule has 0 spiro atoms. The molecule has 10 heteroatoms. The van der Waals surface area contributed by atoms with Crippen LogP contribution >= 0.6 is 0 Å². The van der Waals surface area contributed by atoms with Gasteiger partial charge in [-0.1, -0.05) is 26.8 Å². The number of nitrogens with zero attached hydrogens (tertiary/aromatic N) is 2. The third-order valence-corrected chi connectivity index (χ3v) is 9.61. The summed E-state index contributed by atoms with van der Waals surface area (Å²) in [5.74, 6) is -0.845. The van der Waals surface area contributed by atoms with Gasteiger partial charge in [0.25, 0.3) is 5.91 Å². The second kappa shape index (κ2) is 11.3. The molecule has 6 nitrogen and oxygen atoms in total. The molecule has 4 rings (SSSR count). The Labute approximate surface area is 222 Å². The first-order chi connectivity index (χ1) is 17.9. The van der Waals surface area contributed by atoms with Crippen molar-refractivity contribution in [3.05, 3.63) is 58.9 Å². The number of hydrogen-bond acceptors (Lipinski definition) is 5. The number of pyridine rings is 1. The number of carbonyl (C=O) groups excluding carboxylic acids is 1. The summed E-state index contributed by atoms with van der Waals surface area (Å²) in [6.07, 6.45) is -1.19. The third kappa shape index (κ3) is 6.39. The van der Waals surface area contributed by atoms with Gasteiger partial charge in [0.1, 0.15) is 0 Å². The SMILES string of the molecule is CCS(=O)(=O)c1ccc(CNC(=O)c2ccc3c(c2)CN(CC2CCC(C(F)(F)F)CC2)[C@@H]3C(C)C)nc1. The molecule has 2 heterocycles. The van der Waals surface area contributed by atoms with Crippen LogP contribution in [-0.4, -0.2) is 42.7 Å². The van der Waals surface area contributed by atoms with E-state index in [0.717, 1.165) is 12.1 Å². The zero-order valence-electron chi connectivity index (χ0n) is 22.1. The molecule has 1 atom stereocenters. The van der Waals surface area contributed by atoms with Gasteiger partial charge in [0.2, 0.25) is 0 Å². The van der Waals surface area contributed by atoms with Crippen molar-refractivity contribution in [1.82, 2.24) is 15.2 Å². The summed E-state index contributed by atoms with van der Waals surface area (Å²) in [5, 5.41) is 2.85. The smallest absolute Gasteiger partial charge is 0.346 e. The molecule has 0 unspecified atom stereocenters. The summed E-state index contributed by atoms with van der Waals surface area (Å²) >= 11 is 0. The van der Waals surface area contributed by atoms with E-state index in [9.17, 15) is 26.4 Å². The largest absolute Gasteiger partial charge is 0.391 e. The molecular weight excluding hydrogens is 515 g/mol. The van der Waals surface area contributed by atoms with E-state index in [-0.39, 0.29) is 47.9 Å². The number of carbonyl (C=O) groups is 1. The van der Waals surface area contributed by atoms with E-state index >= 15 is 0 Å². The van der Waals surface area contributed by atoms with Gasteiger partial charge < -0.3 is 5.32 Å². The number of alkyl halides is 3. The van der Waals surface area contributed by atoms with Gasteiger partial charge >= 0.3 is 6.18 Å². The van der Waals surface area contributed by atoms with Crippen LogP contribution in [0, 0.1) is 17.8 Å². The van der Waals surface area contributed by atoms with Gasteiger partial charge in [0, 0.05) is 30.9 Å². The Morgan fingerprint density at radius 3 is 2.42 bits per heavy atom. The predicted molar refractivity (Wildman–Crippen MR) is 139 cm³/mol. The number of rotatable bonds is 8. The van der Waals surface area contributed by atoms with E-state index in [1.54, 1.807) is 13.0 Å². The maximum absolute atomic E-state index is 13.1. The topological polar surface area (TPSA) is 79.4 Å². The molecule has 2 aliphatic rings. The molecule has 0 saturated heterocycles. The lowest BCUT2D eigenvalue weighted by atomic mass is 9.81. The number of fused-ring (bicyclic) bond motifs is 1. The molecule has 1 aromatic carbocycles. The first-order valence-electron chi connectivity index (χ1n) is 13.3. The summed E-state index contributed by atoms with van der Waals surface area (Å²) in [4.78, 5) is 19.6. The van der Waals surface area contributed by atoms with Gasteiger partial charge in [-0.15, -0.1) is 0 Å². The summed E-state index contributed by atoms with van der Waals surface area (Å²) in [5.41, 5.74) is 3.34. The average Bonchev–Trinajstić information content (AvgIpc) is 3.24. The molecule has 1 saturated carbocycles. The highest BCUT2D eigenvalue weighted by atomic mass is 32.2. The number of benzene rings is 1. The van der Waals surface area contributed by atoms with Gasteiger partial charge in [-0.25, -0.2) is 8.42 Å². The fourth-order valence-electron chi connectivity index (χ4n) is 5.79. The Bertz CT molecular complexity index is 1240. The Morgan fingerprint density at radius 2 is 1.84 bits per heavy atom. The highest BCUT2D eigenvalue weighted by Gasteiger charge is 2.42. The second-order valence-electron chi connectivity index (χ2n) is 10.9. The number of hydrogen-bond donors (Lipinski definition) is 1. The zero-order valence-corrected chi connectivity index (χ0v) is 22.9. The molecule has 1 fully saturated rings. The monoisotopic (exact) mass is 551 g/mol. The molecule has 0 bridgehead atoms. The van der Waals surface area contributed by atoms with E-state index < -0.39 is 21.9 Å². The van der Waals surface area contributed by atoms with Crippen molar-refractivity contribution in [3.8, 4) is 0 Å². The maximum Gasteiger partial charge on any atom is 0.391 e. The maximum atomic E-state index is 13.1. The van der Waals surface area contributed by atoms with Crippen LogP contribution in [0.5, 0.6) is 0 Å². The third-order valence-electron chi connectivity index (χ3n) is 7.89. The Balaban J connectivity index is 1.38. The minimum Gasteiger partial charge on any atom is -0.346 e. The molecule has 1 N–H and O–H groups in total. The zero-order chi connectivity index (χ0) is 27.7. The quantitative estimate of drug-likeness (QED) is 0.456. The summed E-state index contributed by atoms with van der Waals surface area (Å²) in [6.45, 7) is 7.48. The summed E-state index contributed by atoms with van der Waals surface area (Å²) < 4.78 is 63.1. The van der Waals surface area contributed by atoms with Crippen LogP contribution in [0.4, 0.5) is 13.2 Å². The molecule has 1 aromatic heterocycles. The average molecular weight is 552 g/mol. The Morgan fingerprint density at radius 1 is 1.13 bits per heavy atom. The van der Waals surface area contributed by atoms with E-state index in [1.165, 1.54) is 17.8 Å². The minimum atomic E-state index is -4.10. The number of amides is 1. The summed E-state index contributed by atoms with van der Waals surface area (Å²) in [6, 6.07) is 8.98. The number of sulfone groups is 1. The van der Waals surface area contributed by atoms with Crippen molar-refractivity contribution in [2.75, 3.05) is 12.3 Å². The van der Waals surface area contributed by atoms with Crippen LogP contribution in [0.15, 0.2) is 41.4 Å². The van der Waals surface area contributed by atoms with E-state index in [2.05, 4.69) is 29.0 Å². The van der Waals surface area contributed by atoms with Crippen molar-refractivity contribution in [3.63, 3.8) is 0 Å². The number of halogens is 3. The fourth-order valence-corrected chi connectivity index (χ4v) is 6.61. The van der Waals surface area contributed by atoms with E-state index in [4.69, 9.17) is 0 Å². The normalized spacial score (nSPS) is 22.4. The molecule has 1 aliphatic carbocycles. The van der Waals surface area contributed by atoms with Crippen LogP contribution in [0.3, 0.4) is 0 Å². The lowest BCUT2D eigenvalue weighted by Gasteiger charge is -2.35. The van der Waals surface area contributed by atoms with Crippen LogP contribution in [0.25, 0.3) is 0 Å². The van der Waals surface area contributed by atoms with Crippen molar-refractivity contribution in [1.29, 1.82) is 0 Å². The minimum absolute atomic E-state index is 0.00261. The molecule has 1 amide bonds. The van der Waals surface area contributed by atoms with Crippen molar-refractivity contribution in [2.45, 2.75) is 76.7 Å². The molecule has 2 aromatic rings. The molecular formula is C28H36F3N3O3S. The highest BCUT2D eigenvalue weighted by Crippen LogP contribution is 2.43. The van der Waals surface area contributed by atoms with Crippen molar-refractivity contribution < 1.29 is 26.4 Å². The van der Waals surface area contributed by atoms with Crippen molar-refractivity contribution >= 4 is 15.7 Å². The molecule has 38 heavy (non-hydrogen) atoms. The molecule has 0 radical (unpaired) electrons. The predicted octanol–water partition coefficient (Wildman–Crippen LogP) is 5.69.